The summed E-state index contributed by atoms with van der Waals surface area (Å²) >= 11 is 0. The average molecular weight is 552 g/mol. The van der Waals surface area contributed by atoms with Gasteiger partial charge in [0.15, 0.2) is 17.0 Å². The quantitative estimate of drug-likeness (QED) is 0.350. The van der Waals surface area contributed by atoms with Crippen LogP contribution in [-0.2, 0) is 34.8 Å². The molecule has 39 heavy (non-hydrogen) atoms. The highest BCUT2D eigenvalue weighted by molar-refractivity contribution is 7.88. The molecule has 0 unspecified atom stereocenters. The maximum absolute atomic E-state index is 12.2. The third kappa shape index (κ3) is 4.10. The van der Waals surface area contributed by atoms with Gasteiger partial charge in [-0.2, -0.15) is 14.3 Å². The van der Waals surface area contributed by atoms with Gasteiger partial charge in [0.2, 0.25) is 16.0 Å². The molecular formula is C26H33N9O3S. The van der Waals surface area contributed by atoms with Gasteiger partial charge in [0.25, 0.3) is 0 Å². The van der Waals surface area contributed by atoms with Gasteiger partial charge in [0, 0.05) is 51.7 Å². The number of fused-ring (bicyclic) bond motifs is 4. The van der Waals surface area contributed by atoms with Gasteiger partial charge >= 0.3 is 0 Å². The average Bonchev–Trinajstić information content (AvgIpc) is 3.70. The second-order valence-electron chi connectivity index (χ2n) is 10.7. The first kappa shape index (κ1) is 24.9. The third-order valence-electron chi connectivity index (χ3n) is 8.31. The molecule has 12 nitrogen and oxygen atoms in total. The van der Waals surface area contributed by atoms with E-state index >= 15 is 0 Å². The number of para-hydroxylation sites is 2. The van der Waals surface area contributed by atoms with Crippen molar-refractivity contribution in [2.24, 2.45) is 7.05 Å². The Labute approximate surface area is 227 Å². The molecule has 1 aromatic carbocycles. The molecular weight excluding hydrogens is 518 g/mol. The molecule has 0 amide bonds. The Morgan fingerprint density at radius 1 is 1.00 bits per heavy atom. The van der Waals surface area contributed by atoms with E-state index in [1.54, 1.807) is 4.31 Å². The van der Waals surface area contributed by atoms with Crippen LogP contribution in [0.2, 0.25) is 0 Å². The third-order valence-corrected chi connectivity index (χ3v) is 9.61. The maximum atomic E-state index is 12.2. The molecule has 3 saturated heterocycles. The lowest BCUT2D eigenvalue weighted by Gasteiger charge is -2.32. The number of hydrogen-bond donors (Lipinski definition) is 0. The van der Waals surface area contributed by atoms with E-state index in [4.69, 9.17) is 24.7 Å². The highest BCUT2D eigenvalue weighted by atomic mass is 32.2. The predicted molar refractivity (Wildman–Crippen MR) is 147 cm³/mol. The van der Waals surface area contributed by atoms with Crippen molar-refractivity contribution in [2.45, 2.75) is 38.4 Å². The summed E-state index contributed by atoms with van der Waals surface area (Å²) in [5.41, 5.74) is 3.46. The van der Waals surface area contributed by atoms with Crippen LogP contribution in [0, 0.1) is 0 Å². The lowest BCUT2D eigenvalue weighted by Crippen LogP contribution is -2.48. The summed E-state index contributed by atoms with van der Waals surface area (Å²) in [5.74, 6) is 3.21. The van der Waals surface area contributed by atoms with Gasteiger partial charge in [0.1, 0.15) is 11.6 Å². The van der Waals surface area contributed by atoms with E-state index in [9.17, 15) is 8.42 Å². The minimum atomic E-state index is -3.18. The number of nitrogens with zero attached hydrogens (tertiary/aromatic N) is 9. The molecule has 0 N–H and O–H groups in total. The van der Waals surface area contributed by atoms with Gasteiger partial charge in [-0.05, 0) is 18.6 Å². The van der Waals surface area contributed by atoms with E-state index in [0.717, 1.165) is 72.1 Å². The van der Waals surface area contributed by atoms with E-state index in [0.29, 0.717) is 32.3 Å². The molecule has 2 atom stereocenters. The number of hydrogen-bond acceptors (Lipinski definition) is 9. The molecule has 6 heterocycles. The Morgan fingerprint density at radius 2 is 1.79 bits per heavy atom. The summed E-state index contributed by atoms with van der Waals surface area (Å²) in [6.07, 6.45) is 2.93. The van der Waals surface area contributed by atoms with E-state index in [2.05, 4.69) is 31.9 Å². The zero-order chi connectivity index (χ0) is 26.9. The van der Waals surface area contributed by atoms with Crippen LogP contribution < -0.4 is 4.90 Å². The highest BCUT2D eigenvalue weighted by Crippen LogP contribution is 2.34. The summed E-state index contributed by atoms with van der Waals surface area (Å²) in [6, 6.07) is 8.32. The van der Waals surface area contributed by atoms with Crippen LogP contribution in [0.5, 0.6) is 0 Å². The topological polar surface area (TPSA) is 115 Å². The summed E-state index contributed by atoms with van der Waals surface area (Å²) in [4.78, 5) is 24.7. The number of morpholine rings is 1. The summed E-state index contributed by atoms with van der Waals surface area (Å²) in [5, 5.41) is 0. The Kier molecular flexibility index (Phi) is 5.88. The number of imidazole rings is 2. The van der Waals surface area contributed by atoms with Gasteiger partial charge in [-0.1, -0.05) is 19.1 Å². The number of anilines is 1. The molecule has 0 radical (unpaired) electrons. The number of rotatable bonds is 6. The summed E-state index contributed by atoms with van der Waals surface area (Å²) < 4.78 is 35.7. The SMILES string of the molecule is CCc1nc2ccccc2n1-c1nc(N2CCOCC2)c2nc(CN3C[C@@H]4C[C@H]3CN4S(C)(=O)=O)n(C)c2n1. The highest BCUT2D eigenvalue weighted by Gasteiger charge is 2.47. The van der Waals surface area contributed by atoms with Crippen molar-refractivity contribution in [1.82, 2.24) is 38.3 Å². The minimum Gasteiger partial charge on any atom is -0.378 e. The van der Waals surface area contributed by atoms with Crippen molar-refractivity contribution in [3.05, 3.63) is 35.9 Å². The van der Waals surface area contributed by atoms with E-state index in [-0.39, 0.29) is 12.1 Å². The minimum absolute atomic E-state index is 0.0389. The molecule has 4 aromatic rings. The Hall–Kier alpha value is -3.13. The predicted octanol–water partition coefficient (Wildman–Crippen LogP) is 1.32. The van der Waals surface area contributed by atoms with Gasteiger partial charge < -0.3 is 14.2 Å². The Morgan fingerprint density at radius 3 is 2.51 bits per heavy atom. The molecule has 0 saturated carbocycles. The smallest absolute Gasteiger partial charge is 0.239 e. The van der Waals surface area contributed by atoms with Crippen LogP contribution >= 0.6 is 0 Å². The van der Waals surface area contributed by atoms with Crippen LogP contribution in [-0.4, -0.2) is 104 Å². The second-order valence-corrected chi connectivity index (χ2v) is 12.7. The lowest BCUT2D eigenvalue weighted by atomic mass is 10.2. The van der Waals surface area contributed by atoms with Crippen molar-refractivity contribution in [2.75, 3.05) is 50.5 Å². The fourth-order valence-corrected chi connectivity index (χ4v) is 7.49. The fourth-order valence-electron chi connectivity index (χ4n) is 6.35. The van der Waals surface area contributed by atoms with E-state index in [1.165, 1.54) is 6.26 Å². The first-order valence-electron chi connectivity index (χ1n) is 13.6. The van der Waals surface area contributed by atoms with Crippen molar-refractivity contribution in [3.63, 3.8) is 0 Å². The number of benzene rings is 1. The number of likely N-dealkylation sites (tertiary alicyclic amines) is 1. The molecule has 13 heteroatoms. The van der Waals surface area contributed by atoms with Crippen LogP contribution in [0.3, 0.4) is 0 Å². The second kappa shape index (κ2) is 9.22. The van der Waals surface area contributed by atoms with Gasteiger partial charge in [-0.25, -0.2) is 18.4 Å². The van der Waals surface area contributed by atoms with Gasteiger partial charge in [-0.3, -0.25) is 9.47 Å². The molecule has 206 valence electrons. The van der Waals surface area contributed by atoms with Crippen molar-refractivity contribution in [3.8, 4) is 5.95 Å². The molecule has 3 aliphatic heterocycles. The Bertz CT molecular complexity index is 1670. The first-order valence-corrected chi connectivity index (χ1v) is 15.4. The zero-order valence-electron chi connectivity index (χ0n) is 22.5. The molecule has 0 spiro atoms. The van der Waals surface area contributed by atoms with Crippen LogP contribution in [0.25, 0.3) is 28.1 Å². The van der Waals surface area contributed by atoms with E-state index < -0.39 is 10.0 Å². The first-order chi connectivity index (χ1) is 18.8. The number of aromatic nitrogens is 6. The number of sulfonamides is 1. The fraction of sp³-hybridized carbons (Fsp3) is 0.538. The number of aryl methyl sites for hydroxylation is 2. The monoisotopic (exact) mass is 551 g/mol. The molecule has 3 aromatic heterocycles. The summed E-state index contributed by atoms with van der Waals surface area (Å²) in [7, 11) is -1.17. The largest absolute Gasteiger partial charge is 0.378 e. The molecule has 3 fully saturated rings. The van der Waals surface area contributed by atoms with Crippen LogP contribution in [0.15, 0.2) is 24.3 Å². The number of ether oxygens (including phenoxy) is 1. The van der Waals surface area contributed by atoms with Crippen molar-refractivity contribution < 1.29 is 13.2 Å². The van der Waals surface area contributed by atoms with Gasteiger partial charge in [0.05, 0.1) is 37.0 Å². The number of piperazine rings is 1. The van der Waals surface area contributed by atoms with E-state index in [1.807, 2.05) is 25.2 Å². The Balaban J connectivity index is 1.31. The van der Waals surface area contributed by atoms with Crippen LogP contribution in [0.1, 0.15) is 25.0 Å². The van der Waals surface area contributed by atoms with Crippen LogP contribution in [0.4, 0.5) is 5.82 Å². The zero-order valence-corrected chi connectivity index (χ0v) is 23.3. The maximum Gasteiger partial charge on any atom is 0.239 e. The summed E-state index contributed by atoms with van der Waals surface area (Å²) in [6.45, 7) is 6.75. The lowest BCUT2D eigenvalue weighted by molar-refractivity contribution is 0.122. The van der Waals surface area contributed by atoms with Gasteiger partial charge in [-0.15, -0.1) is 0 Å². The molecule has 7 rings (SSSR count). The standard InChI is InChI=1S/C26H33N9O3S/c1-4-21-27-19-7-5-6-8-20(19)35(21)26-29-24-23(25(30-26)32-9-11-38-12-10-32)28-22(31(24)2)16-33-14-18-13-17(33)15-34(18)39(3,36)37/h5-8,17-18H,4,9-16H2,1-3H3/t17-,18-/m0/s1. The normalized spacial score (nSPS) is 22.6. The van der Waals surface area contributed by atoms with Crippen molar-refractivity contribution in [1.29, 1.82) is 0 Å². The molecule has 0 aliphatic carbocycles. The van der Waals surface area contributed by atoms with Crippen molar-refractivity contribution >= 4 is 38.0 Å². The molecule has 3 aliphatic rings. The molecule has 2 bridgehead atoms.